The lowest BCUT2D eigenvalue weighted by atomic mass is 9.77. The van der Waals surface area contributed by atoms with Gasteiger partial charge in [0, 0.05) is 13.0 Å². The smallest absolute Gasteiger partial charge is 0.335 e. The van der Waals surface area contributed by atoms with Crippen LogP contribution in [-0.2, 0) is 14.3 Å². The molecule has 0 bridgehead atoms. The van der Waals surface area contributed by atoms with Crippen LogP contribution in [0.5, 0.6) is 0 Å². The molecule has 4 heteroatoms. The summed E-state index contributed by atoms with van der Waals surface area (Å²) in [5.74, 6) is 0.998. The van der Waals surface area contributed by atoms with Crippen LogP contribution < -0.4 is 0 Å². The number of rotatable bonds is 10. The van der Waals surface area contributed by atoms with Gasteiger partial charge in [0.1, 0.15) is 6.61 Å². The minimum absolute atomic E-state index is 0.0280. The van der Waals surface area contributed by atoms with Crippen LogP contribution in [-0.4, -0.2) is 38.0 Å². The van der Waals surface area contributed by atoms with Crippen molar-refractivity contribution in [2.75, 3.05) is 26.9 Å². The molecular formula is C23H34O4. The van der Waals surface area contributed by atoms with E-state index in [-0.39, 0.29) is 24.7 Å². The fourth-order valence-electron chi connectivity index (χ4n) is 4.02. The zero-order valence-corrected chi connectivity index (χ0v) is 16.8. The summed E-state index contributed by atoms with van der Waals surface area (Å²) in [5.41, 5.74) is 2.58. The van der Waals surface area contributed by atoms with Crippen LogP contribution in [0, 0.1) is 5.92 Å². The Morgan fingerprint density at radius 3 is 2.41 bits per heavy atom. The maximum Gasteiger partial charge on any atom is 0.335 e. The Bertz CT molecular complexity index is 585. The number of esters is 1. The van der Waals surface area contributed by atoms with Gasteiger partial charge < -0.3 is 14.6 Å². The number of aliphatic hydroxyl groups excluding tert-OH is 1. The summed E-state index contributed by atoms with van der Waals surface area (Å²) in [6.07, 6.45) is 7.92. The summed E-state index contributed by atoms with van der Waals surface area (Å²) >= 11 is 0. The molecule has 0 heterocycles. The third kappa shape index (κ3) is 6.47. The highest BCUT2D eigenvalue weighted by Crippen LogP contribution is 2.37. The van der Waals surface area contributed by atoms with Crippen LogP contribution in [0.2, 0.25) is 0 Å². The number of hydrogen-bond donors (Lipinski definition) is 1. The fraction of sp³-hybridized carbons (Fsp3) is 0.609. The molecule has 0 amide bonds. The third-order valence-electron chi connectivity index (χ3n) is 5.69. The summed E-state index contributed by atoms with van der Waals surface area (Å²) in [6.45, 7) is 6.07. The van der Waals surface area contributed by atoms with Crippen molar-refractivity contribution in [1.29, 1.82) is 0 Å². The van der Waals surface area contributed by atoms with Gasteiger partial charge in [-0.1, -0.05) is 50.6 Å². The number of aliphatic hydroxyl groups is 1. The molecule has 1 aromatic rings. The summed E-state index contributed by atoms with van der Waals surface area (Å²) in [4.78, 5) is 11.7. The Morgan fingerprint density at radius 2 is 1.85 bits per heavy atom. The maximum absolute atomic E-state index is 11.7. The average Bonchev–Trinajstić information content (AvgIpc) is 2.71. The second-order valence-electron chi connectivity index (χ2n) is 7.69. The van der Waals surface area contributed by atoms with Crippen LogP contribution in [0.4, 0.5) is 0 Å². The van der Waals surface area contributed by atoms with Crippen molar-refractivity contribution in [3.63, 3.8) is 0 Å². The van der Waals surface area contributed by atoms with Crippen molar-refractivity contribution < 1.29 is 19.4 Å². The van der Waals surface area contributed by atoms with Crippen molar-refractivity contribution in [3.8, 4) is 0 Å². The van der Waals surface area contributed by atoms with Crippen molar-refractivity contribution in [3.05, 3.63) is 47.5 Å². The average molecular weight is 375 g/mol. The van der Waals surface area contributed by atoms with Gasteiger partial charge in [0.05, 0.1) is 18.8 Å². The van der Waals surface area contributed by atoms with Gasteiger partial charge in [-0.3, -0.25) is 0 Å². The molecule has 27 heavy (non-hydrogen) atoms. The van der Waals surface area contributed by atoms with Gasteiger partial charge >= 0.3 is 5.97 Å². The SMILES string of the molecule is C=C(CO)C(=O)OCC(COC)c1ccc(C2CCC(CCC)CC2)cc1. The number of methoxy groups -OCH3 is 1. The second-order valence-corrected chi connectivity index (χ2v) is 7.69. The van der Waals surface area contributed by atoms with Crippen LogP contribution in [0.1, 0.15) is 68.4 Å². The van der Waals surface area contributed by atoms with E-state index in [2.05, 4.69) is 37.8 Å². The van der Waals surface area contributed by atoms with E-state index in [0.29, 0.717) is 12.5 Å². The van der Waals surface area contributed by atoms with Gasteiger partial charge in [-0.15, -0.1) is 0 Å². The molecule has 0 spiro atoms. The molecule has 0 radical (unpaired) electrons. The normalized spacial score (nSPS) is 20.9. The molecule has 150 valence electrons. The first kappa shape index (κ1) is 21.6. The Labute approximate surface area is 163 Å². The number of hydrogen-bond acceptors (Lipinski definition) is 4. The first-order chi connectivity index (χ1) is 13.1. The molecule has 1 N–H and O–H groups in total. The zero-order valence-electron chi connectivity index (χ0n) is 16.8. The maximum atomic E-state index is 11.7. The summed E-state index contributed by atoms with van der Waals surface area (Å²) in [5, 5.41) is 8.97. The highest BCUT2D eigenvalue weighted by Gasteiger charge is 2.22. The Kier molecular flexibility index (Phi) is 9.02. The number of carbonyl (C=O) groups excluding carboxylic acids is 1. The summed E-state index contributed by atoms with van der Waals surface area (Å²) in [7, 11) is 1.64. The van der Waals surface area contributed by atoms with Gasteiger partial charge in [0.2, 0.25) is 0 Å². The van der Waals surface area contributed by atoms with Gasteiger partial charge in [0.15, 0.2) is 0 Å². The lowest BCUT2D eigenvalue weighted by molar-refractivity contribution is -0.140. The molecule has 0 aromatic heterocycles. The summed E-state index contributed by atoms with van der Waals surface area (Å²) in [6, 6.07) is 8.70. The van der Waals surface area contributed by atoms with Crippen molar-refractivity contribution in [2.45, 2.75) is 57.3 Å². The zero-order chi connectivity index (χ0) is 19.6. The molecular weight excluding hydrogens is 340 g/mol. The fourth-order valence-corrected chi connectivity index (χ4v) is 4.02. The molecule has 1 aliphatic rings. The van der Waals surface area contributed by atoms with Crippen molar-refractivity contribution in [1.82, 2.24) is 0 Å². The number of benzene rings is 1. The molecule has 1 fully saturated rings. The molecule has 4 nitrogen and oxygen atoms in total. The van der Waals surface area contributed by atoms with Gasteiger partial charge in [0.25, 0.3) is 0 Å². The van der Waals surface area contributed by atoms with Crippen LogP contribution in [0.25, 0.3) is 0 Å². The molecule has 2 rings (SSSR count). The van der Waals surface area contributed by atoms with Gasteiger partial charge in [-0.25, -0.2) is 4.79 Å². The van der Waals surface area contributed by atoms with Gasteiger partial charge in [-0.2, -0.15) is 0 Å². The Morgan fingerprint density at radius 1 is 1.19 bits per heavy atom. The standard InChI is InChI=1S/C23H34O4/c1-4-5-18-6-8-19(9-7-18)20-10-12-21(13-11-20)22(15-26-3)16-27-23(25)17(2)14-24/h10-13,18-19,22,24H,2,4-9,14-16H2,1,3H3. The largest absolute Gasteiger partial charge is 0.462 e. The first-order valence-corrected chi connectivity index (χ1v) is 10.1. The lowest BCUT2D eigenvalue weighted by Crippen LogP contribution is -2.19. The minimum Gasteiger partial charge on any atom is -0.462 e. The van der Waals surface area contributed by atoms with E-state index in [9.17, 15) is 4.79 Å². The van der Waals surface area contributed by atoms with Crippen molar-refractivity contribution in [2.24, 2.45) is 5.92 Å². The van der Waals surface area contributed by atoms with Gasteiger partial charge in [-0.05, 0) is 48.6 Å². The predicted octanol–water partition coefficient (Wildman–Crippen LogP) is 4.58. The molecule has 1 aliphatic carbocycles. The van der Waals surface area contributed by atoms with E-state index >= 15 is 0 Å². The van der Waals surface area contributed by atoms with E-state index in [0.717, 1.165) is 11.5 Å². The minimum atomic E-state index is -0.556. The molecule has 1 unspecified atom stereocenters. The highest BCUT2D eigenvalue weighted by atomic mass is 16.5. The van der Waals surface area contributed by atoms with Crippen LogP contribution >= 0.6 is 0 Å². The quantitative estimate of drug-likeness (QED) is 0.481. The van der Waals surface area contributed by atoms with Crippen LogP contribution in [0.3, 0.4) is 0 Å². The van der Waals surface area contributed by atoms with E-state index in [1.807, 2.05) is 0 Å². The lowest BCUT2D eigenvalue weighted by Gasteiger charge is -2.29. The topological polar surface area (TPSA) is 55.8 Å². The molecule has 0 saturated heterocycles. The molecule has 1 saturated carbocycles. The van der Waals surface area contributed by atoms with E-state index in [4.69, 9.17) is 14.6 Å². The van der Waals surface area contributed by atoms with Crippen molar-refractivity contribution >= 4 is 5.97 Å². The number of carbonyl (C=O) groups is 1. The molecule has 0 aliphatic heterocycles. The first-order valence-electron chi connectivity index (χ1n) is 10.1. The predicted molar refractivity (Wildman–Crippen MR) is 108 cm³/mol. The number of ether oxygens (including phenoxy) is 2. The van der Waals surface area contributed by atoms with Crippen LogP contribution in [0.15, 0.2) is 36.4 Å². The Hall–Kier alpha value is -1.65. The highest BCUT2D eigenvalue weighted by molar-refractivity contribution is 5.87. The van der Waals surface area contributed by atoms with E-state index in [1.165, 1.54) is 44.1 Å². The monoisotopic (exact) mass is 374 g/mol. The summed E-state index contributed by atoms with van der Waals surface area (Å²) < 4.78 is 10.6. The molecule has 1 atom stereocenters. The third-order valence-corrected chi connectivity index (χ3v) is 5.69. The van der Waals surface area contributed by atoms with E-state index < -0.39 is 5.97 Å². The molecule has 1 aromatic carbocycles. The van der Waals surface area contributed by atoms with E-state index in [1.54, 1.807) is 7.11 Å². The second kappa shape index (κ2) is 11.3. The Balaban J connectivity index is 1.94.